The van der Waals surface area contributed by atoms with E-state index in [1.165, 1.54) is 0 Å². The van der Waals surface area contributed by atoms with Gasteiger partial charge in [0.15, 0.2) is 5.78 Å². The summed E-state index contributed by atoms with van der Waals surface area (Å²) < 4.78 is 5.07. The van der Waals surface area contributed by atoms with Gasteiger partial charge in [0.05, 0.1) is 25.0 Å². The summed E-state index contributed by atoms with van der Waals surface area (Å²) in [5.41, 5.74) is 6.55. The number of hydrogen-bond acceptors (Lipinski definition) is 6. The Labute approximate surface area is 200 Å². The average Bonchev–Trinajstić information content (AvgIpc) is 2.79. The van der Waals surface area contributed by atoms with Crippen LogP contribution in [-0.2, 0) is 32.1 Å². The normalized spacial score (nSPS) is 12.3. The van der Waals surface area contributed by atoms with Crippen molar-refractivity contribution in [2.24, 2.45) is 17.6 Å². The van der Waals surface area contributed by atoms with Crippen molar-refractivity contribution in [2.45, 2.75) is 58.6 Å². The molecule has 3 amide bonds. The SMILES string of the molecule is C#CCCOC(=O)C[C@H](C(=O)N[C@@H](CCCNC(N)=O)C(=O)Cc1ccc(CO)cc1)C(C)C. The number of terminal acetylenes is 1. The Balaban J connectivity index is 2.87. The zero-order valence-corrected chi connectivity index (χ0v) is 19.8. The molecular formula is C25H35N3O6. The van der Waals surface area contributed by atoms with Gasteiger partial charge in [-0.15, -0.1) is 12.3 Å². The Morgan fingerprint density at radius 2 is 1.79 bits per heavy atom. The van der Waals surface area contributed by atoms with E-state index < -0.39 is 29.9 Å². The van der Waals surface area contributed by atoms with Gasteiger partial charge in [0.1, 0.15) is 6.61 Å². The van der Waals surface area contributed by atoms with Gasteiger partial charge in [-0.2, -0.15) is 0 Å². The van der Waals surface area contributed by atoms with Gasteiger partial charge < -0.3 is 26.2 Å². The molecule has 0 aromatic heterocycles. The fraction of sp³-hybridized carbons (Fsp3) is 0.520. The lowest BCUT2D eigenvalue weighted by Gasteiger charge is -2.24. The smallest absolute Gasteiger partial charge is 0.312 e. The van der Waals surface area contributed by atoms with Gasteiger partial charge in [-0.25, -0.2) is 4.79 Å². The molecule has 9 nitrogen and oxygen atoms in total. The second-order valence-corrected chi connectivity index (χ2v) is 8.34. The molecule has 34 heavy (non-hydrogen) atoms. The molecule has 0 aliphatic rings. The number of ether oxygens (including phenoxy) is 1. The summed E-state index contributed by atoms with van der Waals surface area (Å²) in [4.78, 5) is 49.1. The number of benzene rings is 1. The molecule has 0 fully saturated rings. The molecular weight excluding hydrogens is 438 g/mol. The fourth-order valence-electron chi connectivity index (χ4n) is 3.29. The third-order valence-electron chi connectivity index (χ3n) is 5.30. The molecule has 5 N–H and O–H groups in total. The van der Waals surface area contributed by atoms with Crippen LogP contribution in [0, 0.1) is 24.2 Å². The number of carbonyl (C=O) groups is 4. The molecule has 0 spiro atoms. The average molecular weight is 474 g/mol. The molecule has 0 aliphatic heterocycles. The van der Waals surface area contributed by atoms with Crippen molar-refractivity contribution >= 4 is 23.7 Å². The van der Waals surface area contributed by atoms with Crippen LogP contribution in [0.3, 0.4) is 0 Å². The molecule has 9 heteroatoms. The Bertz CT molecular complexity index is 860. The highest BCUT2D eigenvalue weighted by Gasteiger charge is 2.29. The van der Waals surface area contributed by atoms with Gasteiger partial charge in [0.25, 0.3) is 0 Å². The molecule has 1 rings (SSSR count). The molecule has 186 valence electrons. The number of urea groups is 1. The number of Topliss-reactive ketones (excluding diaryl/α,β-unsaturated/α-hetero) is 1. The number of aliphatic hydroxyl groups excluding tert-OH is 1. The Kier molecular flexibility index (Phi) is 13.0. The quantitative estimate of drug-likeness (QED) is 0.172. The number of carbonyl (C=O) groups excluding carboxylic acids is 4. The molecule has 0 saturated heterocycles. The fourth-order valence-corrected chi connectivity index (χ4v) is 3.29. The van der Waals surface area contributed by atoms with E-state index in [2.05, 4.69) is 16.6 Å². The monoisotopic (exact) mass is 473 g/mol. The maximum Gasteiger partial charge on any atom is 0.312 e. The molecule has 2 atom stereocenters. The van der Waals surface area contributed by atoms with Crippen molar-refractivity contribution < 1.29 is 29.0 Å². The van der Waals surface area contributed by atoms with E-state index in [-0.39, 0.29) is 50.7 Å². The topological polar surface area (TPSA) is 148 Å². The van der Waals surface area contributed by atoms with Crippen LogP contribution in [0.5, 0.6) is 0 Å². The number of aliphatic hydroxyl groups is 1. The lowest BCUT2D eigenvalue weighted by molar-refractivity contribution is -0.147. The van der Waals surface area contributed by atoms with Gasteiger partial charge >= 0.3 is 12.0 Å². The van der Waals surface area contributed by atoms with Crippen LogP contribution in [0.15, 0.2) is 24.3 Å². The highest BCUT2D eigenvalue weighted by atomic mass is 16.5. The summed E-state index contributed by atoms with van der Waals surface area (Å²) in [6, 6.07) is 5.49. The predicted molar refractivity (Wildman–Crippen MR) is 127 cm³/mol. The molecule has 0 saturated carbocycles. The minimum absolute atomic E-state index is 0.0837. The summed E-state index contributed by atoms with van der Waals surface area (Å²) in [5.74, 6) is 0.383. The first-order valence-corrected chi connectivity index (χ1v) is 11.3. The number of primary amides is 1. The van der Waals surface area contributed by atoms with Crippen LogP contribution < -0.4 is 16.4 Å². The molecule has 0 unspecified atom stereocenters. The molecule has 1 aromatic carbocycles. The summed E-state index contributed by atoms with van der Waals surface area (Å²) in [7, 11) is 0. The zero-order chi connectivity index (χ0) is 25.5. The maximum absolute atomic E-state index is 13.0. The minimum Gasteiger partial charge on any atom is -0.465 e. The lowest BCUT2D eigenvalue weighted by atomic mass is 9.90. The molecule has 0 radical (unpaired) electrons. The van der Waals surface area contributed by atoms with Gasteiger partial charge in [0, 0.05) is 19.4 Å². The summed E-state index contributed by atoms with van der Waals surface area (Å²) in [5, 5.41) is 14.4. The predicted octanol–water partition coefficient (Wildman–Crippen LogP) is 1.45. The van der Waals surface area contributed by atoms with Gasteiger partial charge in [-0.1, -0.05) is 38.1 Å². The Hall–Kier alpha value is -3.38. The number of nitrogens with one attached hydrogen (secondary N) is 2. The van der Waals surface area contributed by atoms with Crippen LogP contribution in [-0.4, -0.2) is 48.0 Å². The number of nitrogens with two attached hydrogens (primary N) is 1. The van der Waals surface area contributed by atoms with Gasteiger partial charge in [-0.3, -0.25) is 14.4 Å². The van der Waals surface area contributed by atoms with E-state index in [1.807, 2.05) is 13.8 Å². The molecule has 0 aliphatic carbocycles. The largest absolute Gasteiger partial charge is 0.465 e. The summed E-state index contributed by atoms with van der Waals surface area (Å²) >= 11 is 0. The highest BCUT2D eigenvalue weighted by molar-refractivity contribution is 5.92. The first kappa shape index (κ1) is 28.7. The number of hydrogen-bond donors (Lipinski definition) is 4. The lowest BCUT2D eigenvalue weighted by Crippen LogP contribution is -2.46. The highest BCUT2D eigenvalue weighted by Crippen LogP contribution is 2.18. The number of amides is 3. The standard InChI is InChI=1S/C25H35N3O6/c1-4-5-13-34-23(31)15-20(17(2)3)24(32)28-21(7-6-12-27-25(26)33)22(30)14-18-8-10-19(16-29)11-9-18/h1,8-11,17,20-21,29H,5-7,12-16H2,2-3H3,(H,28,32)(H3,26,27,33)/t20-,21-/m0/s1. The van der Waals surface area contributed by atoms with E-state index in [4.69, 9.17) is 16.9 Å². The van der Waals surface area contributed by atoms with E-state index in [9.17, 15) is 24.3 Å². The van der Waals surface area contributed by atoms with Gasteiger partial charge in [0.2, 0.25) is 5.91 Å². The minimum atomic E-state index is -0.807. The Morgan fingerprint density at radius 3 is 2.35 bits per heavy atom. The van der Waals surface area contributed by atoms with Crippen LogP contribution in [0.25, 0.3) is 0 Å². The molecule has 0 heterocycles. The maximum atomic E-state index is 13.0. The first-order chi connectivity index (χ1) is 16.2. The van der Waals surface area contributed by atoms with Crippen molar-refractivity contribution in [1.29, 1.82) is 0 Å². The molecule has 1 aromatic rings. The van der Waals surface area contributed by atoms with Crippen molar-refractivity contribution in [1.82, 2.24) is 10.6 Å². The van der Waals surface area contributed by atoms with Crippen LogP contribution >= 0.6 is 0 Å². The summed E-state index contributed by atoms with van der Waals surface area (Å²) in [6.45, 7) is 3.88. The summed E-state index contributed by atoms with van der Waals surface area (Å²) in [6.07, 6.45) is 6.11. The zero-order valence-electron chi connectivity index (χ0n) is 19.8. The van der Waals surface area contributed by atoms with Crippen LogP contribution in [0.4, 0.5) is 4.79 Å². The van der Waals surface area contributed by atoms with Crippen molar-refractivity contribution in [2.75, 3.05) is 13.2 Å². The van der Waals surface area contributed by atoms with Gasteiger partial charge in [-0.05, 0) is 29.9 Å². The van der Waals surface area contributed by atoms with Crippen molar-refractivity contribution in [3.63, 3.8) is 0 Å². The van der Waals surface area contributed by atoms with E-state index in [0.717, 1.165) is 11.1 Å². The van der Waals surface area contributed by atoms with E-state index in [1.54, 1.807) is 24.3 Å². The number of rotatable bonds is 15. The second-order valence-electron chi connectivity index (χ2n) is 8.34. The van der Waals surface area contributed by atoms with Crippen molar-refractivity contribution in [3.05, 3.63) is 35.4 Å². The third-order valence-corrected chi connectivity index (χ3v) is 5.30. The second kappa shape index (κ2) is 15.5. The van der Waals surface area contributed by atoms with Crippen molar-refractivity contribution in [3.8, 4) is 12.3 Å². The number of esters is 1. The van der Waals surface area contributed by atoms with Crippen LogP contribution in [0.1, 0.15) is 50.7 Å². The van der Waals surface area contributed by atoms with E-state index in [0.29, 0.717) is 12.8 Å². The Morgan fingerprint density at radius 1 is 1.15 bits per heavy atom. The first-order valence-electron chi connectivity index (χ1n) is 11.3. The number of ketones is 1. The third kappa shape index (κ3) is 11.0. The van der Waals surface area contributed by atoms with Crippen LogP contribution in [0.2, 0.25) is 0 Å². The molecule has 0 bridgehead atoms. The van der Waals surface area contributed by atoms with E-state index >= 15 is 0 Å².